The standard InChI is InChI=1S/C18H24N4O2S/c1-12-15-14(11-25-12)20-16(18(23)19-13-5-3-2-4-6-13)21-17(15)22-7-9-24-10-8-22/h11,13H,2-10H2,1H3,(H,19,23). The summed E-state index contributed by atoms with van der Waals surface area (Å²) in [5.41, 5.74) is 0.868. The second-order valence-corrected chi connectivity index (χ2v) is 7.91. The Morgan fingerprint density at radius 2 is 2.00 bits per heavy atom. The van der Waals surface area contributed by atoms with Gasteiger partial charge >= 0.3 is 0 Å². The largest absolute Gasteiger partial charge is 0.378 e. The zero-order chi connectivity index (χ0) is 17.2. The van der Waals surface area contributed by atoms with Crippen molar-refractivity contribution in [2.45, 2.75) is 45.1 Å². The number of amides is 1. The van der Waals surface area contributed by atoms with E-state index in [-0.39, 0.29) is 17.8 Å². The Kier molecular flexibility index (Phi) is 4.85. The van der Waals surface area contributed by atoms with E-state index in [4.69, 9.17) is 4.74 Å². The van der Waals surface area contributed by atoms with Crippen LogP contribution in [0.1, 0.15) is 47.6 Å². The topological polar surface area (TPSA) is 67.4 Å². The van der Waals surface area contributed by atoms with Gasteiger partial charge in [-0.1, -0.05) is 19.3 Å². The molecule has 1 saturated carbocycles. The smallest absolute Gasteiger partial charge is 0.289 e. The molecule has 2 aliphatic rings. The van der Waals surface area contributed by atoms with E-state index < -0.39 is 0 Å². The minimum Gasteiger partial charge on any atom is -0.378 e. The summed E-state index contributed by atoms with van der Waals surface area (Å²) >= 11 is 1.66. The molecule has 134 valence electrons. The van der Waals surface area contributed by atoms with Gasteiger partial charge in [-0.25, -0.2) is 9.97 Å². The fourth-order valence-electron chi connectivity index (χ4n) is 3.69. The maximum Gasteiger partial charge on any atom is 0.289 e. The van der Waals surface area contributed by atoms with Crippen molar-refractivity contribution in [3.05, 3.63) is 16.1 Å². The molecule has 0 radical (unpaired) electrons. The molecule has 0 atom stereocenters. The van der Waals surface area contributed by atoms with Gasteiger partial charge in [-0.2, -0.15) is 0 Å². The molecule has 0 spiro atoms. The van der Waals surface area contributed by atoms with Crippen molar-refractivity contribution in [2.24, 2.45) is 0 Å². The summed E-state index contributed by atoms with van der Waals surface area (Å²) in [5.74, 6) is 1.02. The number of aromatic nitrogens is 2. The number of ether oxygens (including phenoxy) is 1. The summed E-state index contributed by atoms with van der Waals surface area (Å²) in [6.07, 6.45) is 5.76. The van der Waals surface area contributed by atoms with Crippen LogP contribution >= 0.6 is 11.3 Å². The molecule has 3 heterocycles. The Labute approximate surface area is 151 Å². The monoisotopic (exact) mass is 360 g/mol. The zero-order valence-corrected chi connectivity index (χ0v) is 15.4. The van der Waals surface area contributed by atoms with Crippen molar-refractivity contribution in [3.8, 4) is 0 Å². The molecule has 2 aromatic rings. The van der Waals surface area contributed by atoms with Crippen LogP contribution in [0.3, 0.4) is 0 Å². The van der Waals surface area contributed by atoms with Crippen molar-refractivity contribution in [3.63, 3.8) is 0 Å². The molecule has 1 aliphatic carbocycles. The molecule has 1 N–H and O–H groups in total. The van der Waals surface area contributed by atoms with Gasteiger partial charge in [0.2, 0.25) is 5.82 Å². The number of anilines is 1. The molecular formula is C18H24N4O2S. The second-order valence-electron chi connectivity index (χ2n) is 6.83. The van der Waals surface area contributed by atoms with Crippen molar-refractivity contribution < 1.29 is 9.53 Å². The number of carbonyl (C=O) groups is 1. The lowest BCUT2D eigenvalue weighted by molar-refractivity contribution is 0.0917. The van der Waals surface area contributed by atoms with Crippen LogP contribution in [0.5, 0.6) is 0 Å². The van der Waals surface area contributed by atoms with Gasteiger partial charge in [0, 0.05) is 29.4 Å². The summed E-state index contributed by atoms with van der Waals surface area (Å²) in [7, 11) is 0. The third-order valence-corrected chi connectivity index (χ3v) is 5.97. The highest BCUT2D eigenvalue weighted by Gasteiger charge is 2.23. The third-order valence-electron chi connectivity index (χ3n) is 5.07. The molecule has 2 fully saturated rings. The lowest BCUT2D eigenvalue weighted by Gasteiger charge is -2.29. The van der Waals surface area contributed by atoms with Gasteiger partial charge in [0.15, 0.2) is 0 Å². The van der Waals surface area contributed by atoms with E-state index in [0.29, 0.717) is 13.2 Å². The number of hydrogen-bond acceptors (Lipinski definition) is 6. The Morgan fingerprint density at radius 1 is 1.24 bits per heavy atom. The Morgan fingerprint density at radius 3 is 2.76 bits per heavy atom. The van der Waals surface area contributed by atoms with Crippen LogP contribution in [0, 0.1) is 6.92 Å². The summed E-state index contributed by atoms with van der Waals surface area (Å²) in [6, 6.07) is 0.261. The van der Waals surface area contributed by atoms with E-state index >= 15 is 0 Å². The van der Waals surface area contributed by atoms with E-state index in [1.54, 1.807) is 11.3 Å². The van der Waals surface area contributed by atoms with Gasteiger partial charge in [0.05, 0.1) is 24.1 Å². The Balaban J connectivity index is 1.65. The average molecular weight is 360 g/mol. The first kappa shape index (κ1) is 16.7. The lowest BCUT2D eigenvalue weighted by Crippen LogP contribution is -2.39. The number of fused-ring (bicyclic) bond motifs is 1. The highest BCUT2D eigenvalue weighted by atomic mass is 32.1. The average Bonchev–Trinajstić information content (AvgIpc) is 3.04. The molecule has 1 amide bonds. The lowest BCUT2D eigenvalue weighted by atomic mass is 9.95. The molecule has 25 heavy (non-hydrogen) atoms. The summed E-state index contributed by atoms with van der Waals surface area (Å²) in [4.78, 5) is 25.3. The quantitative estimate of drug-likeness (QED) is 0.912. The normalized spacial score (nSPS) is 19.3. The van der Waals surface area contributed by atoms with Gasteiger partial charge in [-0.3, -0.25) is 4.79 Å². The SMILES string of the molecule is Cc1scc2nc(C(=O)NC3CCCCC3)nc(N3CCOCC3)c12. The maximum atomic E-state index is 12.7. The number of carbonyl (C=O) groups excluding carboxylic acids is 1. The number of aryl methyl sites for hydroxylation is 1. The summed E-state index contributed by atoms with van der Waals surface area (Å²) < 4.78 is 5.46. The highest BCUT2D eigenvalue weighted by Crippen LogP contribution is 2.32. The molecule has 0 unspecified atom stereocenters. The van der Waals surface area contributed by atoms with Crippen molar-refractivity contribution in [1.29, 1.82) is 0 Å². The van der Waals surface area contributed by atoms with E-state index in [2.05, 4.69) is 27.1 Å². The maximum absolute atomic E-state index is 12.7. The Hall–Kier alpha value is -1.73. The van der Waals surface area contributed by atoms with Crippen LogP contribution in [-0.4, -0.2) is 48.2 Å². The fourth-order valence-corrected chi connectivity index (χ4v) is 4.47. The first-order valence-electron chi connectivity index (χ1n) is 9.12. The summed E-state index contributed by atoms with van der Waals surface area (Å²) in [5, 5.41) is 6.23. The highest BCUT2D eigenvalue weighted by molar-refractivity contribution is 7.11. The van der Waals surface area contributed by atoms with E-state index in [1.165, 1.54) is 24.1 Å². The molecule has 0 bridgehead atoms. The van der Waals surface area contributed by atoms with Gasteiger partial charge < -0.3 is 15.0 Å². The van der Waals surface area contributed by atoms with E-state index in [0.717, 1.165) is 42.7 Å². The minimum atomic E-state index is -0.146. The van der Waals surface area contributed by atoms with Crippen molar-refractivity contribution >= 4 is 34.0 Å². The summed E-state index contributed by atoms with van der Waals surface area (Å²) in [6.45, 7) is 5.06. The predicted octanol–water partition coefficient (Wildman–Crippen LogP) is 2.90. The number of morpholine rings is 1. The van der Waals surface area contributed by atoms with Gasteiger partial charge in [0.25, 0.3) is 5.91 Å². The second kappa shape index (κ2) is 7.25. The Bertz CT molecular complexity index is 764. The van der Waals surface area contributed by atoms with Crippen molar-refractivity contribution in [2.75, 3.05) is 31.2 Å². The zero-order valence-electron chi connectivity index (χ0n) is 14.6. The van der Waals surface area contributed by atoms with Gasteiger partial charge in [-0.15, -0.1) is 11.3 Å². The third kappa shape index (κ3) is 3.48. The first-order chi connectivity index (χ1) is 12.2. The molecule has 2 aromatic heterocycles. The molecule has 7 heteroatoms. The van der Waals surface area contributed by atoms with Crippen LogP contribution in [-0.2, 0) is 4.74 Å². The number of thiophene rings is 1. The van der Waals surface area contributed by atoms with Gasteiger partial charge in [0.1, 0.15) is 5.82 Å². The predicted molar refractivity (Wildman–Crippen MR) is 99.5 cm³/mol. The van der Waals surface area contributed by atoms with E-state index in [1.807, 2.05) is 5.38 Å². The molecule has 1 saturated heterocycles. The van der Waals surface area contributed by atoms with Crippen LogP contribution in [0.4, 0.5) is 5.82 Å². The fraction of sp³-hybridized carbons (Fsp3) is 0.611. The van der Waals surface area contributed by atoms with Gasteiger partial charge in [-0.05, 0) is 19.8 Å². The molecule has 4 rings (SSSR count). The minimum absolute atomic E-state index is 0.146. The number of nitrogens with one attached hydrogen (secondary N) is 1. The van der Waals surface area contributed by atoms with E-state index in [9.17, 15) is 4.79 Å². The first-order valence-corrected chi connectivity index (χ1v) is 10.00. The molecule has 6 nitrogen and oxygen atoms in total. The molecule has 0 aromatic carbocycles. The van der Waals surface area contributed by atoms with Crippen LogP contribution in [0.2, 0.25) is 0 Å². The number of nitrogens with zero attached hydrogens (tertiary/aromatic N) is 3. The van der Waals surface area contributed by atoms with Crippen LogP contribution < -0.4 is 10.2 Å². The van der Waals surface area contributed by atoms with Crippen molar-refractivity contribution in [1.82, 2.24) is 15.3 Å². The number of rotatable bonds is 3. The molecular weight excluding hydrogens is 336 g/mol. The molecule has 1 aliphatic heterocycles. The van der Waals surface area contributed by atoms with Crippen LogP contribution in [0.15, 0.2) is 5.38 Å². The van der Waals surface area contributed by atoms with Crippen LogP contribution in [0.25, 0.3) is 10.9 Å². The number of hydrogen-bond donors (Lipinski definition) is 1.